The maximum atomic E-state index is 12.6. The van der Waals surface area contributed by atoms with Gasteiger partial charge < -0.3 is 4.90 Å². The SMILES string of the molecule is O=C(N=C1SC2CS(=O)(=O)CC2N1c1cccc(Cl)c1Cl)c1ccccc1. The minimum Gasteiger partial charge on any atom is -0.314 e. The number of nitrogens with zero attached hydrogens (tertiary/aromatic N) is 2. The van der Waals surface area contributed by atoms with Crippen molar-refractivity contribution in [1.29, 1.82) is 0 Å². The molecule has 0 aliphatic carbocycles. The Bertz CT molecular complexity index is 1040. The molecule has 2 heterocycles. The van der Waals surface area contributed by atoms with Crippen molar-refractivity contribution >= 4 is 61.6 Å². The molecule has 2 aromatic carbocycles. The lowest BCUT2D eigenvalue weighted by Crippen LogP contribution is -2.38. The van der Waals surface area contributed by atoms with Gasteiger partial charge in [0, 0.05) is 10.8 Å². The van der Waals surface area contributed by atoms with E-state index >= 15 is 0 Å². The number of hydrogen-bond acceptors (Lipinski definition) is 4. The van der Waals surface area contributed by atoms with E-state index in [-0.39, 0.29) is 28.7 Å². The molecule has 2 fully saturated rings. The number of aliphatic imine (C=N–C) groups is 1. The van der Waals surface area contributed by atoms with Gasteiger partial charge in [-0.25, -0.2) is 8.42 Å². The molecule has 0 N–H and O–H groups in total. The van der Waals surface area contributed by atoms with Crippen LogP contribution >= 0.6 is 35.0 Å². The summed E-state index contributed by atoms with van der Waals surface area (Å²) in [6.07, 6.45) is 0. The number of thioether (sulfide) groups is 1. The Labute approximate surface area is 171 Å². The Hall–Kier alpha value is -1.54. The molecule has 2 aliphatic rings. The molecule has 2 unspecified atom stereocenters. The molecule has 2 atom stereocenters. The molecule has 1 amide bonds. The van der Waals surface area contributed by atoms with Gasteiger partial charge in [0.25, 0.3) is 5.91 Å². The second kappa shape index (κ2) is 7.13. The lowest BCUT2D eigenvalue weighted by atomic mass is 10.2. The standard InChI is InChI=1S/C18H14Cl2N2O3S2/c19-12-7-4-8-13(16(12)20)22-14-9-27(24,25)10-15(14)26-18(22)21-17(23)11-5-2-1-3-6-11/h1-8,14-15H,9-10H2. The molecule has 0 bridgehead atoms. The second-order valence-electron chi connectivity index (χ2n) is 6.31. The zero-order valence-electron chi connectivity index (χ0n) is 13.9. The average molecular weight is 441 g/mol. The van der Waals surface area contributed by atoms with Crippen LogP contribution in [0, 0.1) is 0 Å². The van der Waals surface area contributed by atoms with Crippen molar-refractivity contribution in [3.63, 3.8) is 0 Å². The summed E-state index contributed by atoms with van der Waals surface area (Å²) in [7, 11) is -3.15. The van der Waals surface area contributed by atoms with Gasteiger partial charge in [0.1, 0.15) is 0 Å². The van der Waals surface area contributed by atoms with Crippen LogP contribution in [-0.2, 0) is 9.84 Å². The summed E-state index contributed by atoms with van der Waals surface area (Å²) in [6, 6.07) is 13.5. The highest BCUT2D eigenvalue weighted by Crippen LogP contribution is 2.44. The van der Waals surface area contributed by atoms with Gasteiger partial charge in [-0.3, -0.25) is 4.79 Å². The van der Waals surface area contributed by atoms with E-state index < -0.39 is 9.84 Å². The first-order valence-corrected chi connectivity index (χ1v) is 11.6. The Morgan fingerprint density at radius 2 is 1.81 bits per heavy atom. The summed E-state index contributed by atoms with van der Waals surface area (Å²) in [5.74, 6) is -0.342. The fourth-order valence-corrected chi connectivity index (χ4v) is 7.55. The third-order valence-electron chi connectivity index (χ3n) is 4.48. The first-order chi connectivity index (χ1) is 12.9. The number of anilines is 1. The first-order valence-electron chi connectivity index (χ1n) is 8.14. The highest BCUT2D eigenvalue weighted by molar-refractivity contribution is 8.16. The highest BCUT2D eigenvalue weighted by Gasteiger charge is 2.49. The molecule has 27 heavy (non-hydrogen) atoms. The Morgan fingerprint density at radius 1 is 1.07 bits per heavy atom. The Morgan fingerprint density at radius 3 is 2.56 bits per heavy atom. The summed E-state index contributed by atoms with van der Waals surface area (Å²) in [6.45, 7) is 0. The molecule has 0 saturated carbocycles. The predicted molar refractivity (Wildman–Crippen MR) is 111 cm³/mol. The quantitative estimate of drug-likeness (QED) is 0.707. The van der Waals surface area contributed by atoms with Gasteiger partial charge in [-0.15, -0.1) is 0 Å². The molecule has 9 heteroatoms. The minimum absolute atomic E-state index is 0.00788. The number of carbonyl (C=O) groups is 1. The van der Waals surface area contributed by atoms with Gasteiger partial charge in [-0.2, -0.15) is 4.99 Å². The van der Waals surface area contributed by atoms with Gasteiger partial charge in [0.05, 0.1) is 33.3 Å². The van der Waals surface area contributed by atoms with E-state index in [1.807, 2.05) is 6.07 Å². The number of carbonyl (C=O) groups excluding carboxylic acids is 1. The van der Waals surface area contributed by atoms with Gasteiger partial charge in [-0.1, -0.05) is 59.2 Å². The molecule has 0 radical (unpaired) electrons. The van der Waals surface area contributed by atoms with Crippen LogP contribution in [0.1, 0.15) is 10.4 Å². The van der Waals surface area contributed by atoms with Crippen LogP contribution in [-0.4, -0.2) is 42.3 Å². The Balaban J connectivity index is 1.78. The number of amides is 1. The number of halogens is 2. The molecular formula is C18H14Cl2N2O3S2. The predicted octanol–water partition coefficient (Wildman–Crippen LogP) is 3.91. The smallest absolute Gasteiger partial charge is 0.279 e. The second-order valence-corrected chi connectivity index (χ2v) is 10.5. The molecule has 2 aromatic rings. The summed E-state index contributed by atoms with van der Waals surface area (Å²) >= 11 is 13.8. The number of amidine groups is 1. The largest absolute Gasteiger partial charge is 0.314 e. The van der Waals surface area contributed by atoms with Crippen molar-refractivity contribution in [1.82, 2.24) is 0 Å². The zero-order valence-corrected chi connectivity index (χ0v) is 17.0. The third-order valence-corrected chi connectivity index (χ3v) is 8.49. The molecular weight excluding hydrogens is 427 g/mol. The molecule has 5 nitrogen and oxygen atoms in total. The number of hydrogen-bond donors (Lipinski definition) is 0. The van der Waals surface area contributed by atoms with E-state index in [9.17, 15) is 13.2 Å². The monoisotopic (exact) mass is 440 g/mol. The molecule has 2 aliphatic heterocycles. The minimum atomic E-state index is -3.15. The van der Waals surface area contributed by atoms with E-state index in [1.54, 1.807) is 47.4 Å². The molecule has 0 spiro atoms. The van der Waals surface area contributed by atoms with Crippen LogP contribution in [0.2, 0.25) is 10.0 Å². The van der Waals surface area contributed by atoms with E-state index in [4.69, 9.17) is 23.2 Å². The van der Waals surface area contributed by atoms with Crippen LogP contribution in [0.25, 0.3) is 0 Å². The summed E-state index contributed by atoms with van der Waals surface area (Å²) < 4.78 is 24.2. The molecule has 2 saturated heterocycles. The van der Waals surface area contributed by atoms with Crippen molar-refractivity contribution in [2.24, 2.45) is 4.99 Å². The fraction of sp³-hybridized carbons (Fsp3) is 0.222. The van der Waals surface area contributed by atoms with Crippen molar-refractivity contribution < 1.29 is 13.2 Å². The van der Waals surface area contributed by atoms with E-state index in [1.165, 1.54) is 11.8 Å². The summed E-state index contributed by atoms with van der Waals surface area (Å²) in [5.41, 5.74) is 1.02. The summed E-state index contributed by atoms with van der Waals surface area (Å²) in [5, 5.41) is 0.909. The Kier molecular flexibility index (Phi) is 4.96. The van der Waals surface area contributed by atoms with Gasteiger partial charge in [0.15, 0.2) is 15.0 Å². The van der Waals surface area contributed by atoms with E-state index in [0.717, 1.165) is 0 Å². The molecule has 0 aromatic heterocycles. The average Bonchev–Trinajstić information content (AvgIpc) is 3.09. The number of rotatable bonds is 2. The van der Waals surface area contributed by atoms with Gasteiger partial charge in [0.2, 0.25) is 0 Å². The highest BCUT2D eigenvalue weighted by atomic mass is 35.5. The fourth-order valence-electron chi connectivity index (χ4n) is 3.26. The lowest BCUT2D eigenvalue weighted by Gasteiger charge is -2.25. The molecule has 4 rings (SSSR count). The maximum Gasteiger partial charge on any atom is 0.279 e. The summed E-state index contributed by atoms with van der Waals surface area (Å²) in [4.78, 5) is 18.6. The third kappa shape index (κ3) is 3.61. The topological polar surface area (TPSA) is 66.8 Å². The van der Waals surface area contributed by atoms with Crippen LogP contribution < -0.4 is 4.90 Å². The first kappa shape index (κ1) is 18.8. The number of fused-ring (bicyclic) bond motifs is 1. The van der Waals surface area contributed by atoms with Crippen LogP contribution in [0.4, 0.5) is 5.69 Å². The zero-order chi connectivity index (χ0) is 19.2. The maximum absolute atomic E-state index is 12.6. The van der Waals surface area contributed by atoms with Crippen molar-refractivity contribution in [2.45, 2.75) is 11.3 Å². The van der Waals surface area contributed by atoms with Crippen molar-refractivity contribution in [3.05, 3.63) is 64.1 Å². The number of sulfone groups is 1. The lowest BCUT2D eigenvalue weighted by molar-refractivity contribution is 0.100. The van der Waals surface area contributed by atoms with Crippen molar-refractivity contribution in [3.8, 4) is 0 Å². The van der Waals surface area contributed by atoms with Crippen LogP contribution in [0.5, 0.6) is 0 Å². The van der Waals surface area contributed by atoms with Gasteiger partial charge in [-0.05, 0) is 24.3 Å². The number of benzene rings is 2. The van der Waals surface area contributed by atoms with Crippen LogP contribution in [0.3, 0.4) is 0 Å². The van der Waals surface area contributed by atoms with E-state index in [2.05, 4.69) is 4.99 Å². The normalized spacial score (nSPS) is 25.0. The van der Waals surface area contributed by atoms with Crippen LogP contribution in [0.15, 0.2) is 53.5 Å². The van der Waals surface area contributed by atoms with Crippen molar-refractivity contribution in [2.75, 3.05) is 16.4 Å². The molecule has 140 valence electrons. The van der Waals surface area contributed by atoms with Gasteiger partial charge >= 0.3 is 0 Å². The van der Waals surface area contributed by atoms with E-state index in [0.29, 0.717) is 26.5 Å².